The van der Waals surface area contributed by atoms with Gasteiger partial charge in [-0.15, -0.1) is 0 Å². The standard InChI is InChI=1S/C8H13N/c1-3-9(2)8-6-4-5-7-8/h1,8H,4-7H2,2H3. The normalized spacial score (nSPS) is 19.6. The van der Waals surface area contributed by atoms with Gasteiger partial charge in [-0.25, -0.2) is 0 Å². The Morgan fingerprint density at radius 1 is 1.44 bits per heavy atom. The molecule has 0 aromatic heterocycles. The molecule has 0 saturated heterocycles. The fourth-order valence-corrected chi connectivity index (χ4v) is 1.40. The summed E-state index contributed by atoms with van der Waals surface area (Å²) < 4.78 is 0. The Balaban J connectivity index is 2.34. The van der Waals surface area contributed by atoms with Crippen LogP contribution in [-0.2, 0) is 0 Å². The highest BCUT2D eigenvalue weighted by atomic mass is 15.1. The lowest BCUT2D eigenvalue weighted by Crippen LogP contribution is -2.23. The number of hydrogen-bond donors (Lipinski definition) is 0. The van der Waals surface area contributed by atoms with Crippen molar-refractivity contribution in [3.8, 4) is 12.5 Å². The summed E-state index contributed by atoms with van der Waals surface area (Å²) in [4.78, 5) is 1.99. The summed E-state index contributed by atoms with van der Waals surface area (Å²) in [7, 11) is 2.00. The van der Waals surface area contributed by atoms with Crippen LogP contribution in [0.2, 0.25) is 0 Å². The van der Waals surface area contributed by atoms with E-state index in [1.54, 1.807) is 0 Å². The average molecular weight is 123 g/mol. The van der Waals surface area contributed by atoms with Gasteiger partial charge >= 0.3 is 0 Å². The van der Waals surface area contributed by atoms with Crippen molar-refractivity contribution in [2.45, 2.75) is 31.7 Å². The summed E-state index contributed by atoms with van der Waals surface area (Å²) in [5.41, 5.74) is 0. The van der Waals surface area contributed by atoms with Crippen molar-refractivity contribution in [3.63, 3.8) is 0 Å². The highest BCUT2D eigenvalue weighted by molar-refractivity contribution is 4.89. The van der Waals surface area contributed by atoms with Crippen molar-refractivity contribution in [3.05, 3.63) is 0 Å². The Bertz CT molecular complexity index is 117. The molecule has 0 spiro atoms. The van der Waals surface area contributed by atoms with Gasteiger partial charge in [0.1, 0.15) is 0 Å². The maximum Gasteiger partial charge on any atom is 0.0368 e. The van der Waals surface area contributed by atoms with Crippen LogP contribution < -0.4 is 0 Å². The average Bonchev–Trinajstić information content (AvgIpc) is 2.37. The van der Waals surface area contributed by atoms with E-state index in [9.17, 15) is 0 Å². The molecule has 0 radical (unpaired) electrons. The van der Waals surface area contributed by atoms with Crippen LogP contribution in [0.3, 0.4) is 0 Å². The highest BCUT2D eigenvalue weighted by Gasteiger charge is 2.16. The van der Waals surface area contributed by atoms with E-state index in [4.69, 9.17) is 6.42 Å². The van der Waals surface area contributed by atoms with E-state index >= 15 is 0 Å². The summed E-state index contributed by atoms with van der Waals surface area (Å²) in [5.74, 6) is 0. The van der Waals surface area contributed by atoms with E-state index in [1.807, 2.05) is 11.9 Å². The van der Waals surface area contributed by atoms with E-state index in [2.05, 4.69) is 6.04 Å². The zero-order valence-electron chi connectivity index (χ0n) is 5.93. The third kappa shape index (κ3) is 1.38. The molecule has 1 fully saturated rings. The molecular formula is C8H13N. The van der Waals surface area contributed by atoms with Crippen molar-refractivity contribution in [2.75, 3.05) is 7.05 Å². The molecule has 0 unspecified atom stereocenters. The number of rotatable bonds is 1. The lowest BCUT2D eigenvalue weighted by atomic mass is 10.2. The first-order valence-corrected chi connectivity index (χ1v) is 3.53. The lowest BCUT2D eigenvalue weighted by Gasteiger charge is -2.18. The van der Waals surface area contributed by atoms with Gasteiger partial charge in [0.15, 0.2) is 0 Å². The summed E-state index contributed by atoms with van der Waals surface area (Å²) in [6, 6.07) is 3.32. The quantitative estimate of drug-likeness (QED) is 0.377. The minimum Gasteiger partial charge on any atom is -0.333 e. The first-order valence-electron chi connectivity index (χ1n) is 3.53. The Morgan fingerprint density at radius 2 is 2.00 bits per heavy atom. The predicted octanol–water partition coefficient (Wildman–Crippen LogP) is 1.45. The predicted molar refractivity (Wildman–Crippen MR) is 38.9 cm³/mol. The molecule has 1 aliphatic rings. The smallest absolute Gasteiger partial charge is 0.0368 e. The summed E-state index contributed by atoms with van der Waals surface area (Å²) in [5, 5.41) is 0. The lowest BCUT2D eigenvalue weighted by molar-refractivity contribution is 0.355. The summed E-state index contributed by atoms with van der Waals surface area (Å²) in [6.07, 6.45) is 10.5. The Kier molecular flexibility index (Phi) is 2.00. The SMILES string of the molecule is C#CN(C)C1CCCC1. The Labute approximate surface area is 57.0 Å². The molecule has 9 heavy (non-hydrogen) atoms. The molecule has 0 aromatic carbocycles. The minimum atomic E-state index is 0.676. The minimum absolute atomic E-state index is 0.676. The van der Waals surface area contributed by atoms with Gasteiger partial charge in [0.05, 0.1) is 0 Å². The van der Waals surface area contributed by atoms with E-state index in [0.29, 0.717) is 6.04 Å². The van der Waals surface area contributed by atoms with Crippen LogP contribution in [0.1, 0.15) is 25.7 Å². The molecule has 0 bridgehead atoms. The molecule has 1 heteroatoms. The fraction of sp³-hybridized carbons (Fsp3) is 0.750. The number of nitrogens with zero attached hydrogens (tertiary/aromatic N) is 1. The zero-order chi connectivity index (χ0) is 6.69. The van der Waals surface area contributed by atoms with Gasteiger partial charge in [-0.2, -0.15) is 0 Å². The maximum absolute atomic E-state index is 5.23. The van der Waals surface area contributed by atoms with Crippen LogP contribution >= 0.6 is 0 Å². The molecule has 1 saturated carbocycles. The molecular weight excluding hydrogens is 110 g/mol. The topological polar surface area (TPSA) is 3.24 Å². The van der Waals surface area contributed by atoms with Crippen LogP contribution in [-0.4, -0.2) is 18.0 Å². The largest absolute Gasteiger partial charge is 0.333 e. The molecule has 1 nitrogen and oxygen atoms in total. The van der Waals surface area contributed by atoms with Crippen LogP contribution in [0.5, 0.6) is 0 Å². The van der Waals surface area contributed by atoms with Gasteiger partial charge < -0.3 is 4.90 Å². The van der Waals surface area contributed by atoms with Crippen molar-refractivity contribution >= 4 is 0 Å². The van der Waals surface area contributed by atoms with Crippen LogP contribution in [0.4, 0.5) is 0 Å². The monoisotopic (exact) mass is 123 g/mol. The molecule has 0 aromatic rings. The maximum atomic E-state index is 5.23. The van der Waals surface area contributed by atoms with Gasteiger partial charge in [-0.1, -0.05) is 19.3 Å². The van der Waals surface area contributed by atoms with Gasteiger partial charge in [0.2, 0.25) is 0 Å². The van der Waals surface area contributed by atoms with Crippen molar-refractivity contribution in [1.29, 1.82) is 0 Å². The van der Waals surface area contributed by atoms with Crippen molar-refractivity contribution in [2.24, 2.45) is 0 Å². The first kappa shape index (κ1) is 6.48. The molecule has 0 atom stereocenters. The summed E-state index contributed by atoms with van der Waals surface area (Å²) >= 11 is 0. The van der Waals surface area contributed by atoms with Gasteiger partial charge in [-0.05, 0) is 12.8 Å². The number of terminal acetylenes is 1. The Hall–Kier alpha value is -0.640. The first-order chi connectivity index (χ1) is 4.34. The second-order valence-corrected chi connectivity index (χ2v) is 2.68. The highest BCUT2D eigenvalue weighted by Crippen LogP contribution is 2.21. The van der Waals surface area contributed by atoms with Gasteiger partial charge in [0, 0.05) is 19.1 Å². The molecule has 0 N–H and O–H groups in total. The van der Waals surface area contributed by atoms with Gasteiger partial charge in [0.25, 0.3) is 0 Å². The van der Waals surface area contributed by atoms with Gasteiger partial charge in [-0.3, -0.25) is 0 Å². The molecule has 1 rings (SSSR count). The Morgan fingerprint density at radius 3 is 2.44 bits per heavy atom. The van der Waals surface area contributed by atoms with Crippen LogP contribution in [0.15, 0.2) is 0 Å². The number of hydrogen-bond acceptors (Lipinski definition) is 1. The second-order valence-electron chi connectivity index (χ2n) is 2.68. The van der Waals surface area contributed by atoms with Crippen molar-refractivity contribution < 1.29 is 0 Å². The molecule has 1 aliphatic carbocycles. The third-order valence-corrected chi connectivity index (χ3v) is 2.08. The molecule has 0 heterocycles. The zero-order valence-corrected chi connectivity index (χ0v) is 5.93. The van der Waals surface area contributed by atoms with E-state index < -0.39 is 0 Å². The summed E-state index contributed by atoms with van der Waals surface area (Å²) in [6.45, 7) is 0. The van der Waals surface area contributed by atoms with E-state index in [-0.39, 0.29) is 0 Å². The van der Waals surface area contributed by atoms with Crippen LogP contribution in [0, 0.1) is 12.5 Å². The second kappa shape index (κ2) is 2.77. The van der Waals surface area contributed by atoms with E-state index in [1.165, 1.54) is 25.7 Å². The van der Waals surface area contributed by atoms with Crippen LogP contribution in [0.25, 0.3) is 0 Å². The molecule has 50 valence electrons. The molecule has 0 amide bonds. The van der Waals surface area contributed by atoms with Crippen molar-refractivity contribution in [1.82, 2.24) is 4.90 Å². The third-order valence-electron chi connectivity index (χ3n) is 2.08. The fourth-order valence-electron chi connectivity index (χ4n) is 1.40. The van der Waals surface area contributed by atoms with E-state index in [0.717, 1.165) is 0 Å². The molecule has 0 aliphatic heterocycles.